The Morgan fingerprint density at radius 2 is 1.88 bits per heavy atom. The van der Waals surface area contributed by atoms with E-state index >= 15 is 0 Å². The highest BCUT2D eigenvalue weighted by Gasteiger charge is 2.16. The summed E-state index contributed by atoms with van der Waals surface area (Å²) in [6.07, 6.45) is 0. The number of nitrogens with two attached hydrogens (primary N) is 1. The van der Waals surface area contributed by atoms with E-state index in [1.165, 1.54) is 17.4 Å². The number of nitrogens with one attached hydrogen (secondary N) is 1. The highest BCUT2D eigenvalue weighted by molar-refractivity contribution is 7.15. The van der Waals surface area contributed by atoms with E-state index in [-0.39, 0.29) is 15.8 Å². The average Bonchev–Trinajstić information content (AvgIpc) is 3.28. The zero-order valence-corrected chi connectivity index (χ0v) is 19.3. The topological polar surface area (TPSA) is 114 Å². The second-order valence-electron chi connectivity index (χ2n) is 7.82. The number of carbonyl (C=O) groups excluding carboxylic acids is 1. The van der Waals surface area contributed by atoms with Gasteiger partial charge in [-0.3, -0.25) is 19.8 Å². The van der Waals surface area contributed by atoms with Crippen LogP contribution in [0.5, 0.6) is 0 Å². The molecule has 170 valence electrons. The molecule has 2 heterocycles. The van der Waals surface area contributed by atoms with Crippen LogP contribution in [0.15, 0.2) is 48.5 Å². The molecule has 0 radical (unpaired) electrons. The van der Waals surface area contributed by atoms with E-state index in [1.807, 2.05) is 44.2 Å². The maximum atomic E-state index is 13.0. The molecule has 33 heavy (non-hydrogen) atoms. The highest BCUT2D eigenvalue weighted by Crippen LogP contribution is 2.31. The number of thiophene rings is 1. The number of benzene rings is 2. The summed E-state index contributed by atoms with van der Waals surface area (Å²) < 4.78 is 0. The predicted octanol–water partition coefficient (Wildman–Crippen LogP) is 4.50. The van der Waals surface area contributed by atoms with Gasteiger partial charge in [-0.1, -0.05) is 48.6 Å². The Labute approximate surface area is 195 Å². The maximum Gasteiger partial charge on any atom is 0.324 e. The maximum absolute atomic E-state index is 13.0. The number of nitrogens with zero attached hydrogens (tertiary/aromatic N) is 3. The molecule has 9 heteroatoms. The van der Waals surface area contributed by atoms with E-state index in [0.717, 1.165) is 33.3 Å². The lowest BCUT2D eigenvalue weighted by molar-refractivity contribution is -0.380. The predicted molar refractivity (Wildman–Crippen MR) is 133 cm³/mol. The largest absolute Gasteiger partial charge is 0.398 e. The number of hydrogen-bond acceptors (Lipinski definition) is 7. The minimum Gasteiger partial charge on any atom is -0.398 e. The van der Waals surface area contributed by atoms with Gasteiger partial charge in [0.15, 0.2) is 0 Å². The Morgan fingerprint density at radius 3 is 2.58 bits per heavy atom. The molecule has 0 unspecified atom stereocenters. The van der Waals surface area contributed by atoms with E-state index in [9.17, 15) is 14.9 Å². The molecule has 0 aliphatic carbocycles. The van der Waals surface area contributed by atoms with Crippen LogP contribution in [-0.4, -0.2) is 40.3 Å². The normalized spacial score (nSPS) is 11.4. The van der Waals surface area contributed by atoms with Gasteiger partial charge in [0.05, 0.1) is 27.2 Å². The molecular weight excluding hydrogens is 438 g/mol. The molecule has 0 fully saturated rings. The Balaban J connectivity index is 1.49. The van der Waals surface area contributed by atoms with Crippen molar-refractivity contribution in [3.8, 4) is 0 Å². The van der Waals surface area contributed by atoms with Gasteiger partial charge in [-0.15, -0.1) is 0 Å². The lowest BCUT2D eigenvalue weighted by Crippen LogP contribution is -2.34. The summed E-state index contributed by atoms with van der Waals surface area (Å²) in [6, 6.07) is 14.6. The standard InChI is InChI=1S/C24H25N5O3S/c1-3-28(14-16-10-11-20(33-16)29(31)32)13-12-26-24(30)19-9-5-8-18-21(25)17-7-4-6-15(2)22(17)27-23(18)19/h4-11H,3,12-14H2,1-2H3,(H2,25,27)(H,26,30). The lowest BCUT2D eigenvalue weighted by atomic mass is 10.0. The van der Waals surface area contributed by atoms with Crippen molar-refractivity contribution in [1.29, 1.82) is 0 Å². The van der Waals surface area contributed by atoms with Gasteiger partial charge in [0.2, 0.25) is 0 Å². The third kappa shape index (κ3) is 4.64. The van der Waals surface area contributed by atoms with Gasteiger partial charge in [-0.25, -0.2) is 4.98 Å². The lowest BCUT2D eigenvalue weighted by Gasteiger charge is -2.19. The van der Waals surface area contributed by atoms with Gasteiger partial charge < -0.3 is 11.1 Å². The van der Waals surface area contributed by atoms with Gasteiger partial charge in [0, 0.05) is 41.4 Å². The summed E-state index contributed by atoms with van der Waals surface area (Å²) in [5.41, 5.74) is 9.92. The molecule has 1 amide bonds. The van der Waals surface area contributed by atoms with Gasteiger partial charge >= 0.3 is 5.00 Å². The summed E-state index contributed by atoms with van der Waals surface area (Å²) in [7, 11) is 0. The second-order valence-corrected chi connectivity index (χ2v) is 8.97. The highest BCUT2D eigenvalue weighted by atomic mass is 32.1. The van der Waals surface area contributed by atoms with Crippen LogP contribution in [0.25, 0.3) is 21.8 Å². The number of fused-ring (bicyclic) bond motifs is 2. The Morgan fingerprint density at radius 1 is 1.15 bits per heavy atom. The fourth-order valence-electron chi connectivity index (χ4n) is 3.89. The summed E-state index contributed by atoms with van der Waals surface area (Å²) in [4.78, 5) is 31.4. The number of aryl methyl sites for hydroxylation is 1. The van der Waals surface area contributed by atoms with Crippen LogP contribution >= 0.6 is 11.3 Å². The van der Waals surface area contributed by atoms with Crippen molar-refractivity contribution in [3.05, 3.63) is 74.6 Å². The second kappa shape index (κ2) is 9.51. The van der Waals surface area contributed by atoms with Crippen LogP contribution in [0.1, 0.15) is 27.7 Å². The number of carbonyl (C=O) groups is 1. The molecule has 0 aliphatic heterocycles. The molecular formula is C24H25N5O3S. The molecule has 2 aromatic heterocycles. The van der Waals surface area contributed by atoms with Crippen molar-refractivity contribution in [1.82, 2.24) is 15.2 Å². The van der Waals surface area contributed by atoms with Crippen molar-refractivity contribution < 1.29 is 9.72 Å². The summed E-state index contributed by atoms with van der Waals surface area (Å²) in [5, 5.41) is 15.7. The third-order valence-corrected chi connectivity index (χ3v) is 6.71. The van der Waals surface area contributed by atoms with Gasteiger partial charge in [0.25, 0.3) is 5.91 Å². The number of para-hydroxylation sites is 2. The zero-order chi connectivity index (χ0) is 23.5. The SMILES string of the molecule is CCN(CCNC(=O)c1cccc2c(N)c3cccc(C)c3nc12)Cc1ccc([N+](=O)[O-])s1. The smallest absolute Gasteiger partial charge is 0.324 e. The molecule has 2 aromatic carbocycles. The number of hydrogen-bond donors (Lipinski definition) is 2. The van der Waals surface area contributed by atoms with Gasteiger partial charge in [0.1, 0.15) is 0 Å². The van der Waals surface area contributed by atoms with Crippen molar-refractivity contribution in [2.75, 3.05) is 25.4 Å². The first-order valence-corrected chi connectivity index (χ1v) is 11.5. The average molecular weight is 464 g/mol. The van der Waals surface area contributed by atoms with Gasteiger partial charge in [-0.05, 0) is 31.2 Å². The van der Waals surface area contributed by atoms with E-state index in [0.29, 0.717) is 36.4 Å². The van der Waals surface area contributed by atoms with E-state index in [4.69, 9.17) is 10.7 Å². The van der Waals surface area contributed by atoms with Crippen LogP contribution < -0.4 is 11.1 Å². The van der Waals surface area contributed by atoms with Crippen LogP contribution in [0.4, 0.5) is 10.7 Å². The molecule has 0 atom stereocenters. The minimum absolute atomic E-state index is 0.139. The number of aromatic nitrogens is 1. The monoisotopic (exact) mass is 463 g/mol. The molecule has 0 saturated heterocycles. The van der Waals surface area contributed by atoms with Crippen LogP contribution in [0.2, 0.25) is 0 Å². The fraction of sp³-hybridized carbons (Fsp3) is 0.250. The van der Waals surface area contributed by atoms with Crippen LogP contribution in [-0.2, 0) is 6.54 Å². The number of rotatable bonds is 8. The molecule has 0 saturated carbocycles. The molecule has 3 N–H and O–H groups in total. The number of nitrogen functional groups attached to an aromatic ring is 1. The Hall–Kier alpha value is -3.56. The summed E-state index contributed by atoms with van der Waals surface area (Å²) in [5.74, 6) is -0.205. The molecule has 4 rings (SSSR count). The molecule has 8 nitrogen and oxygen atoms in total. The molecule has 4 aromatic rings. The number of amides is 1. The molecule has 0 aliphatic rings. The van der Waals surface area contributed by atoms with Crippen molar-refractivity contribution in [2.24, 2.45) is 0 Å². The Bertz CT molecular complexity index is 1350. The number of pyridine rings is 1. The first-order valence-electron chi connectivity index (χ1n) is 10.7. The van der Waals surface area contributed by atoms with E-state index < -0.39 is 0 Å². The van der Waals surface area contributed by atoms with E-state index in [1.54, 1.807) is 12.1 Å². The fourth-order valence-corrected chi connectivity index (χ4v) is 4.75. The summed E-state index contributed by atoms with van der Waals surface area (Å²) >= 11 is 1.18. The van der Waals surface area contributed by atoms with Crippen LogP contribution in [0.3, 0.4) is 0 Å². The molecule has 0 spiro atoms. The van der Waals surface area contributed by atoms with Crippen LogP contribution in [0, 0.1) is 17.0 Å². The summed E-state index contributed by atoms with van der Waals surface area (Å²) in [6.45, 7) is 6.43. The number of likely N-dealkylation sites (N-methyl/N-ethyl adjacent to an activating group) is 1. The number of nitro groups is 1. The zero-order valence-electron chi connectivity index (χ0n) is 18.5. The quantitative estimate of drug-likeness (QED) is 0.226. The van der Waals surface area contributed by atoms with E-state index in [2.05, 4.69) is 10.2 Å². The first kappa shape index (κ1) is 22.6. The third-order valence-electron chi connectivity index (χ3n) is 5.69. The number of anilines is 1. The van der Waals surface area contributed by atoms with Gasteiger partial charge in [-0.2, -0.15) is 0 Å². The Kier molecular flexibility index (Phi) is 6.52. The van der Waals surface area contributed by atoms with Crippen molar-refractivity contribution in [2.45, 2.75) is 20.4 Å². The first-order chi connectivity index (χ1) is 15.9. The van der Waals surface area contributed by atoms with Crippen molar-refractivity contribution in [3.63, 3.8) is 0 Å². The minimum atomic E-state index is -0.375. The van der Waals surface area contributed by atoms with Crippen molar-refractivity contribution >= 4 is 49.7 Å². The molecule has 0 bridgehead atoms.